The molecule has 2 aliphatic rings. The van der Waals surface area contributed by atoms with Crippen molar-refractivity contribution in [2.45, 2.75) is 63.8 Å². The number of aryl methyl sites for hydroxylation is 1. The first-order chi connectivity index (χ1) is 11.1. The monoisotopic (exact) mass is 318 g/mol. The second kappa shape index (κ2) is 7.35. The highest BCUT2D eigenvalue weighted by molar-refractivity contribution is 5.23. The SMILES string of the molecule is CNCCN(C)Cc1cnn(C)c1C1CCC2(CCCC2)CC1. The van der Waals surface area contributed by atoms with Gasteiger partial charge in [0.2, 0.25) is 0 Å². The lowest BCUT2D eigenvalue weighted by molar-refractivity contribution is 0.178. The van der Waals surface area contributed by atoms with Gasteiger partial charge in [-0.05, 0) is 58.0 Å². The molecule has 0 aliphatic heterocycles. The molecule has 0 radical (unpaired) electrons. The Morgan fingerprint density at radius 3 is 2.61 bits per heavy atom. The van der Waals surface area contributed by atoms with Crippen molar-refractivity contribution in [1.29, 1.82) is 0 Å². The number of hydrogen-bond acceptors (Lipinski definition) is 3. The van der Waals surface area contributed by atoms with E-state index in [9.17, 15) is 0 Å². The first-order valence-electron chi connectivity index (χ1n) is 9.47. The van der Waals surface area contributed by atoms with Crippen LogP contribution in [0.2, 0.25) is 0 Å². The number of aromatic nitrogens is 2. The van der Waals surface area contributed by atoms with Gasteiger partial charge in [0, 0.05) is 43.9 Å². The lowest BCUT2D eigenvalue weighted by Gasteiger charge is -2.37. The Morgan fingerprint density at radius 1 is 1.26 bits per heavy atom. The van der Waals surface area contributed by atoms with Gasteiger partial charge in [0.1, 0.15) is 0 Å². The fourth-order valence-electron chi connectivity index (χ4n) is 4.94. The lowest BCUT2D eigenvalue weighted by Crippen LogP contribution is -2.28. The van der Waals surface area contributed by atoms with Crippen LogP contribution < -0.4 is 5.32 Å². The molecule has 4 nitrogen and oxygen atoms in total. The summed E-state index contributed by atoms with van der Waals surface area (Å²) in [6.07, 6.45) is 13.6. The number of nitrogens with zero attached hydrogens (tertiary/aromatic N) is 3. The van der Waals surface area contributed by atoms with E-state index in [4.69, 9.17) is 0 Å². The molecule has 0 saturated heterocycles. The first kappa shape index (κ1) is 17.0. The first-order valence-corrected chi connectivity index (χ1v) is 9.47. The normalized spacial score (nSPS) is 21.6. The maximum atomic E-state index is 4.59. The fourth-order valence-corrected chi connectivity index (χ4v) is 4.94. The fraction of sp³-hybridized carbons (Fsp3) is 0.842. The van der Waals surface area contributed by atoms with Crippen molar-refractivity contribution in [2.24, 2.45) is 12.5 Å². The van der Waals surface area contributed by atoms with Crippen LogP contribution in [0.3, 0.4) is 0 Å². The summed E-state index contributed by atoms with van der Waals surface area (Å²) in [4.78, 5) is 2.40. The van der Waals surface area contributed by atoms with E-state index in [1.54, 1.807) is 0 Å². The molecule has 130 valence electrons. The smallest absolute Gasteiger partial charge is 0.0537 e. The zero-order valence-corrected chi connectivity index (χ0v) is 15.3. The summed E-state index contributed by atoms with van der Waals surface area (Å²) in [5.41, 5.74) is 3.67. The average molecular weight is 319 g/mol. The molecule has 0 atom stereocenters. The number of nitrogens with one attached hydrogen (secondary N) is 1. The summed E-state index contributed by atoms with van der Waals surface area (Å²) in [6.45, 7) is 3.14. The molecule has 1 spiro atoms. The predicted molar refractivity (Wildman–Crippen MR) is 95.6 cm³/mol. The van der Waals surface area contributed by atoms with Crippen LogP contribution in [0.1, 0.15) is 68.5 Å². The van der Waals surface area contributed by atoms with Crippen LogP contribution in [0.15, 0.2) is 6.20 Å². The van der Waals surface area contributed by atoms with Gasteiger partial charge in [-0.15, -0.1) is 0 Å². The molecule has 4 heteroatoms. The summed E-state index contributed by atoms with van der Waals surface area (Å²) in [5, 5.41) is 7.82. The predicted octanol–water partition coefficient (Wildman–Crippen LogP) is 3.29. The van der Waals surface area contributed by atoms with Crippen molar-refractivity contribution in [1.82, 2.24) is 20.0 Å². The van der Waals surface area contributed by atoms with Gasteiger partial charge in [-0.2, -0.15) is 5.10 Å². The summed E-state index contributed by atoms with van der Waals surface area (Å²) >= 11 is 0. The highest BCUT2D eigenvalue weighted by Gasteiger charge is 2.38. The average Bonchev–Trinajstić information content (AvgIpc) is 3.14. The van der Waals surface area contributed by atoms with Crippen LogP contribution in [-0.2, 0) is 13.6 Å². The molecule has 3 rings (SSSR count). The van der Waals surface area contributed by atoms with Gasteiger partial charge in [0.05, 0.1) is 6.20 Å². The molecular weight excluding hydrogens is 284 g/mol. The Balaban J connectivity index is 1.64. The topological polar surface area (TPSA) is 33.1 Å². The molecule has 23 heavy (non-hydrogen) atoms. The summed E-state index contributed by atoms with van der Waals surface area (Å²) in [5.74, 6) is 0.724. The Kier molecular flexibility index (Phi) is 5.42. The van der Waals surface area contributed by atoms with Gasteiger partial charge in [0.15, 0.2) is 0 Å². The van der Waals surface area contributed by atoms with E-state index < -0.39 is 0 Å². The van der Waals surface area contributed by atoms with Crippen LogP contribution in [0.5, 0.6) is 0 Å². The Hall–Kier alpha value is -0.870. The van der Waals surface area contributed by atoms with Crippen molar-refractivity contribution in [2.75, 3.05) is 27.2 Å². The minimum atomic E-state index is 0.721. The van der Waals surface area contributed by atoms with E-state index in [0.717, 1.165) is 31.0 Å². The second-order valence-electron chi connectivity index (χ2n) is 8.00. The van der Waals surface area contributed by atoms with E-state index in [-0.39, 0.29) is 0 Å². The molecule has 1 heterocycles. The maximum Gasteiger partial charge on any atom is 0.0537 e. The molecule has 0 unspecified atom stereocenters. The van der Waals surface area contributed by atoms with Crippen LogP contribution in [0.25, 0.3) is 0 Å². The van der Waals surface area contributed by atoms with Gasteiger partial charge < -0.3 is 10.2 Å². The minimum absolute atomic E-state index is 0.721. The van der Waals surface area contributed by atoms with E-state index >= 15 is 0 Å². The molecular formula is C19H34N4. The van der Waals surface area contributed by atoms with Crippen molar-refractivity contribution in [3.05, 3.63) is 17.5 Å². The van der Waals surface area contributed by atoms with E-state index in [1.807, 2.05) is 7.05 Å². The zero-order chi connectivity index (χ0) is 16.3. The lowest BCUT2D eigenvalue weighted by atomic mass is 9.68. The maximum absolute atomic E-state index is 4.59. The van der Waals surface area contributed by atoms with Gasteiger partial charge >= 0.3 is 0 Å². The molecule has 0 bridgehead atoms. The van der Waals surface area contributed by atoms with Crippen molar-refractivity contribution < 1.29 is 0 Å². The molecule has 2 aliphatic carbocycles. The van der Waals surface area contributed by atoms with E-state index in [2.05, 4.69) is 40.3 Å². The number of rotatable bonds is 6. The van der Waals surface area contributed by atoms with Crippen molar-refractivity contribution in [3.63, 3.8) is 0 Å². The van der Waals surface area contributed by atoms with Gasteiger partial charge in [0.25, 0.3) is 0 Å². The highest BCUT2D eigenvalue weighted by atomic mass is 15.3. The van der Waals surface area contributed by atoms with Crippen LogP contribution >= 0.6 is 0 Å². The molecule has 2 fully saturated rings. The Morgan fingerprint density at radius 2 is 1.96 bits per heavy atom. The van der Waals surface area contributed by atoms with Crippen LogP contribution in [0, 0.1) is 5.41 Å². The van der Waals surface area contributed by atoms with E-state index in [1.165, 1.54) is 62.6 Å². The van der Waals surface area contributed by atoms with Crippen LogP contribution in [0.4, 0.5) is 0 Å². The zero-order valence-electron chi connectivity index (χ0n) is 15.3. The highest BCUT2D eigenvalue weighted by Crippen LogP contribution is 2.52. The van der Waals surface area contributed by atoms with Crippen LogP contribution in [-0.4, -0.2) is 41.9 Å². The third kappa shape index (κ3) is 3.80. The quantitative estimate of drug-likeness (QED) is 0.874. The summed E-state index contributed by atoms with van der Waals surface area (Å²) < 4.78 is 2.15. The number of likely N-dealkylation sites (N-methyl/N-ethyl adjacent to an activating group) is 2. The molecule has 1 aromatic heterocycles. The van der Waals surface area contributed by atoms with E-state index in [0.29, 0.717) is 0 Å². The Labute approximate surface area is 141 Å². The molecule has 0 aromatic carbocycles. The number of hydrogen-bond donors (Lipinski definition) is 1. The van der Waals surface area contributed by atoms with Gasteiger partial charge in [-0.1, -0.05) is 12.8 Å². The van der Waals surface area contributed by atoms with Crippen molar-refractivity contribution >= 4 is 0 Å². The largest absolute Gasteiger partial charge is 0.318 e. The minimum Gasteiger partial charge on any atom is -0.318 e. The molecule has 0 amide bonds. The molecule has 2 saturated carbocycles. The molecule has 1 aromatic rings. The Bertz CT molecular complexity index is 491. The summed E-state index contributed by atoms with van der Waals surface area (Å²) in [6, 6.07) is 0. The van der Waals surface area contributed by atoms with Gasteiger partial charge in [-0.3, -0.25) is 4.68 Å². The van der Waals surface area contributed by atoms with Gasteiger partial charge in [-0.25, -0.2) is 0 Å². The molecule has 1 N–H and O–H groups in total. The summed E-state index contributed by atoms with van der Waals surface area (Å²) in [7, 11) is 6.36. The third-order valence-corrected chi connectivity index (χ3v) is 6.35. The standard InChI is InChI=1S/C19H34N4/c1-20-12-13-22(2)15-17-14-21-23(3)18(17)16-6-10-19(11-7-16)8-4-5-9-19/h14,16,20H,4-13,15H2,1-3H3. The third-order valence-electron chi connectivity index (χ3n) is 6.35. The second-order valence-corrected chi connectivity index (χ2v) is 8.00. The van der Waals surface area contributed by atoms with Crippen molar-refractivity contribution in [3.8, 4) is 0 Å².